The van der Waals surface area contributed by atoms with E-state index >= 15 is 0 Å². The highest BCUT2D eigenvalue weighted by atomic mass is 16.6. The third-order valence-electron chi connectivity index (χ3n) is 4.47. The van der Waals surface area contributed by atoms with Crippen molar-refractivity contribution in [2.75, 3.05) is 0 Å². The number of aryl methyl sites for hydroxylation is 2. The average Bonchev–Trinajstić information content (AvgIpc) is 2.90. The Morgan fingerprint density at radius 3 is 2.42 bits per heavy atom. The lowest BCUT2D eigenvalue weighted by molar-refractivity contribution is 0.0551. The molecule has 0 atom stereocenters. The SMILES string of the molecule is CCCc1ncc2c(c1CCC)c1ccccc1n2C(=O)OC(C)(C)C. The molecule has 4 nitrogen and oxygen atoms in total. The predicted octanol–water partition coefficient (Wildman–Crippen LogP) is 5.88. The molecule has 0 unspecified atom stereocenters. The molecule has 3 rings (SSSR count). The van der Waals surface area contributed by atoms with Crippen molar-refractivity contribution < 1.29 is 9.53 Å². The van der Waals surface area contributed by atoms with Gasteiger partial charge in [-0.15, -0.1) is 0 Å². The highest BCUT2D eigenvalue weighted by Gasteiger charge is 2.24. The molecule has 0 fully saturated rings. The van der Waals surface area contributed by atoms with Gasteiger partial charge in [0.05, 0.1) is 17.2 Å². The van der Waals surface area contributed by atoms with Gasteiger partial charge in [0, 0.05) is 16.5 Å². The minimum atomic E-state index is -0.545. The van der Waals surface area contributed by atoms with E-state index in [1.54, 1.807) is 4.57 Å². The first kappa shape index (κ1) is 18.4. The van der Waals surface area contributed by atoms with Crippen molar-refractivity contribution in [3.05, 3.63) is 41.7 Å². The standard InChI is InChI=1S/C22H28N2O2/c1-6-10-15-17(11-7-2)23-14-19-20(15)16-12-8-9-13-18(16)24(19)21(25)26-22(3,4)5/h8-9,12-14H,6-7,10-11H2,1-5H3. The highest BCUT2D eigenvalue weighted by molar-refractivity contribution is 6.13. The fourth-order valence-corrected chi connectivity index (χ4v) is 3.54. The fraction of sp³-hybridized carbons (Fsp3) is 0.455. The Bertz CT molecular complexity index is 948. The number of para-hydroxylation sites is 1. The van der Waals surface area contributed by atoms with E-state index in [0.29, 0.717) is 0 Å². The number of nitrogens with zero attached hydrogens (tertiary/aromatic N) is 2. The molecule has 0 bridgehead atoms. The number of benzene rings is 1. The molecule has 0 aliphatic carbocycles. The van der Waals surface area contributed by atoms with E-state index in [1.807, 2.05) is 45.2 Å². The first-order valence-corrected chi connectivity index (χ1v) is 9.50. The smallest absolute Gasteiger partial charge is 0.419 e. The molecule has 0 amide bonds. The maximum Gasteiger partial charge on any atom is 0.419 e. The van der Waals surface area contributed by atoms with Crippen molar-refractivity contribution in [3.8, 4) is 0 Å². The van der Waals surface area contributed by atoms with Gasteiger partial charge in [0.25, 0.3) is 0 Å². The lowest BCUT2D eigenvalue weighted by atomic mass is 9.99. The van der Waals surface area contributed by atoms with Gasteiger partial charge in [0.2, 0.25) is 0 Å². The van der Waals surface area contributed by atoms with Crippen LogP contribution < -0.4 is 0 Å². The second-order valence-electron chi connectivity index (χ2n) is 7.78. The Morgan fingerprint density at radius 2 is 1.77 bits per heavy atom. The topological polar surface area (TPSA) is 44.1 Å². The van der Waals surface area contributed by atoms with Crippen molar-refractivity contribution in [3.63, 3.8) is 0 Å². The Labute approximate surface area is 155 Å². The number of carbonyl (C=O) groups excluding carboxylic acids is 1. The molecule has 0 radical (unpaired) electrons. The van der Waals surface area contributed by atoms with Crippen LogP contribution in [0.25, 0.3) is 21.8 Å². The summed E-state index contributed by atoms with van der Waals surface area (Å²) >= 11 is 0. The van der Waals surface area contributed by atoms with Gasteiger partial charge >= 0.3 is 6.09 Å². The molecule has 26 heavy (non-hydrogen) atoms. The number of rotatable bonds is 4. The van der Waals surface area contributed by atoms with E-state index in [-0.39, 0.29) is 6.09 Å². The maximum atomic E-state index is 12.9. The molecule has 0 saturated heterocycles. The van der Waals surface area contributed by atoms with E-state index in [2.05, 4.69) is 19.9 Å². The summed E-state index contributed by atoms with van der Waals surface area (Å²) in [6.07, 6.45) is 5.50. The molecule has 2 heterocycles. The zero-order valence-corrected chi connectivity index (χ0v) is 16.4. The zero-order chi connectivity index (χ0) is 18.9. The number of fused-ring (bicyclic) bond motifs is 3. The molecule has 0 N–H and O–H groups in total. The number of ether oxygens (including phenoxy) is 1. The van der Waals surface area contributed by atoms with Crippen LogP contribution in [0.3, 0.4) is 0 Å². The van der Waals surface area contributed by atoms with Gasteiger partial charge in [-0.3, -0.25) is 4.98 Å². The molecule has 4 heteroatoms. The van der Waals surface area contributed by atoms with Gasteiger partial charge < -0.3 is 4.74 Å². The van der Waals surface area contributed by atoms with Crippen LogP contribution in [0.1, 0.15) is 58.7 Å². The molecule has 0 aliphatic heterocycles. The summed E-state index contributed by atoms with van der Waals surface area (Å²) in [5.41, 5.74) is 3.59. The Hall–Kier alpha value is -2.36. The largest absolute Gasteiger partial charge is 0.443 e. The van der Waals surface area contributed by atoms with Gasteiger partial charge in [-0.2, -0.15) is 0 Å². The van der Waals surface area contributed by atoms with Crippen LogP contribution in [0.2, 0.25) is 0 Å². The monoisotopic (exact) mass is 352 g/mol. The number of aromatic nitrogens is 2. The summed E-state index contributed by atoms with van der Waals surface area (Å²) in [5, 5.41) is 2.24. The van der Waals surface area contributed by atoms with Crippen LogP contribution >= 0.6 is 0 Å². The number of hydrogen-bond acceptors (Lipinski definition) is 3. The van der Waals surface area contributed by atoms with Crippen molar-refractivity contribution in [2.45, 2.75) is 65.9 Å². The summed E-state index contributed by atoms with van der Waals surface area (Å²) in [5.74, 6) is 0. The Kier molecular flexibility index (Phi) is 5.03. The third kappa shape index (κ3) is 3.33. The second-order valence-corrected chi connectivity index (χ2v) is 7.78. The van der Waals surface area contributed by atoms with Crippen molar-refractivity contribution in [2.24, 2.45) is 0 Å². The van der Waals surface area contributed by atoms with Crippen molar-refractivity contribution in [1.82, 2.24) is 9.55 Å². The van der Waals surface area contributed by atoms with E-state index in [4.69, 9.17) is 9.72 Å². The number of pyridine rings is 1. The van der Waals surface area contributed by atoms with Crippen LogP contribution in [0.5, 0.6) is 0 Å². The van der Waals surface area contributed by atoms with E-state index < -0.39 is 5.60 Å². The average molecular weight is 352 g/mol. The van der Waals surface area contributed by atoms with Gasteiger partial charge in [-0.05, 0) is 45.2 Å². The Morgan fingerprint density at radius 1 is 1.08 bits per heavy atom. The summed E-state index contributed by atoms with van der Waals surface area (Å²) in [4.78, 5) is 17.7. The molecule has 3 aromatic rings. The summed E-state index contributed by atoms with van der Waals surface area (Å²) in [6, 6.07) is 8.06. The maximum absolute atomic E-state index is 12.9. The number of carbonyl (C=O) groups is 1. The quantitative estimate of drug-likeness (QED) is 0.589. The van der Waals surface area contributed by atoms with Crippen LogP contribution in [-0.4, -0.2) is 21.2 Å². The van der Waals surface area contributed by atoms with Gasteiger partial charge in [-0.25, -0.2) is 9.36 Å². The molecule has 2 aromatic heterocycles. The van der Waals surface area contributed by atoms with Crippen LogP contribution in [-0.2, 0) is 17.6 Å². The minimum absolute atomic E-state index is 0.351. The first-order valence-electron chi connectivity index (χ1n) is 9.50. The van der Waals surface area contributed by atoms with Crippen molar-refractivity contribution in [1.29, 1.82) is 0 Å². The fourth-order valence-electron chi connectivity index (χ4n) is 3.54. The normalized spacial score (nSPS) is 12.0. The van der Waals surface area contributed by atoms with Gasteiger partial charge in [0.1, 0.15) is 5.60 Å². The highest BCUT2D eigenvalue weighted by Crippen LogP contribution is 2.34. The molecule has 0 saturated carbocycles. The van der Waals surface area contributed by atoms with E-state index in [9.17, 15) is 4.79 Å². The van der Waals surface area contributed by atoms with Gasteiger partial charge in [0.15, 0.2) is 0 Å². The second kappa shape index (κ2) is 7.10. The van der Waals surface area contributed by atoms with E-state index in [1.165, 1.54) is 5.56 Å². The lowest BCUT2D eigenvalue weighted by Gasteiger charge is -2.20. The van der Waals surface area contributed by atoms with Crippen LogP contribution in [0.4, 0.5) is 4.79 Å². The third-order valence-corrected chi connectivity index (χ3v) is 4.47. The molecular weight excluding hydrogens is 324 g/mol. The minimum Gasteiger partial charge on any atom is -0.443 e. The molecule has 0 spiro atoms. The molecule has 0 aliphatic rings. The molecular formula is C22H28N2O2. The lowest BCUT2D eigenvalue weighted by Crippen LogP contribution is -2.27. The number of hydrogen-bond donors (Lipinski definition) is 0. The summed E-state index contributed by atoms with van der Waals surface area (Å²) < 4.78 is 7.35. The van der Waals surface area contributed by atoms with Crippen LogP contribution in [0, 0.1) is 0 Å². The van der Waals surface area contributed by atoms with Crippen molar-refractivity contribution >= 4 is 27.9 Å². The molecule has 1 aromatic carbocycles. The summed E-state index contributed by atoms with van der Waals surface area (Å²) in [6.45, 7) is 10.0. The van der Waals surface area contributed by atoms with E-state index in [0.717, 1.165) is 53.2 Å². The summed E-state index contributed by atoms with van der Waals surface area (Å²) in [7, 11) is 0. The van der Waals surface area contributed by atoms with Gasteiger partial charge in [-0.1, -0.05) is 44.9 Å². The Balaban J connectivity index is 2.34. The molecule has 138 valence electrons. The zero-order valence-electron chi connectivity index (χ0n) is 16.4. The predicted molar refractivity (Wildman–Crippen MR) is 107 cm³/mol. The first-order chi connectivity index (χ1) is 12.4. The van der Waals surface area contributed by atoms with Crippen LogP contribution in [0.15, 0.2) is 30.5 Å².